The van der Waals surface area contributed by atoms with Crippen molar-refractivity contribution in [3.63, 3.8) is 0 Å². The van der Waals surface area contributed by atoms with Gasteiger partial charge < -0.3 is 4.90 Å². The number of sulfonamides is 1. The molecule has 22 heavy (non-hydrogen) atoms. The predicted octanol–water partition coefficient (Wildman–Crippen LogP) is 1.28. The van der Waals surface area contributed by atoms with E-state index in [-0.39, 0.29) is 11.8 Å². The maximum absolute atomic E-state index is 12.6. The van der Waals surface area contributed by atoms with Crippen LogP contribution < -0.4 is 0 Å². The van der Waals surface area contributed by atoms with Crippen LogP contribution in [0.1, 0.15) is 24.3 Å². The van der Waals surface area contributed by atoms with E-state index in [1.807, 2.05) is 23.1 Å². The van der Waals surface area contributed by atoms with Gasteiger partial charge in [-0.05, 0) is 24.3 Å². The molecule has 0 aromatic heterocycles. The summed E-state index contributed by atoms with van der Waals surface area (Å²) in [5.41, 5.74) is 1.23. The molecule has 1 saturated heterocycles. The van der Waals surface area contributed by atoms with Crippen LogP contribution in [-0.2, 0) is 14.8 Å². The third-order valence-electron chi connectivity index (χ3n) is 4.57. The second kappa shape index (κ2) is 6.01. The summed E-state index contributed by atoms with van der Waals surface area (Å²) in [5, 5.41) is 0. The van der Waals surface area contributed by atoms with Gasteiger partial charge in [0, 0.05) is 32.1 Å². The van der Waals surface area contributed by atoms with Gasteiger partial charge in [-0.2, -0.15) is 0 Å². The SMILES string of the molecule is CS(=O)(=O)N1CCCN(C(=O)C2CC2c2ccccc2)CC1. The quantitative estimate of drug-likeness (QED) is 0.842. The molecule has 0 N–H and O–H groups in total. The molecular formula is C16H22N2O3S. The van der Waals surface area contributed by atoms with E-state index in [2.05, 4.69) is 12.1 Å². The van der Waals surface area contributed by atoms with Gasteiger partial charge in [-0.15, -0.1) is 0 Å². The summed E-state index contributed by atoms with van der Waals surface area (Å²) in [7, 11) is -3.16. The highest BCUT2D eigenvalue weighted by Crippen LogP contribution is 2.48. The van der Waals surface area contributed by atoms with E-state index in [1.165, 1.54) is 16.1 Å². The van der Waals surface area contributed by atoms with Crippen LogP contribution in [0.2, 0.25) is 0 Å². The topological polar surface area (TPSA) is 57.7 Å². The molecule has 0 bridgehead atoms. The molecule has 2 fully saturated rings. The number of carbonyl (C=O) groups excluding carboxylic acids is 1. The first-order valence-corrected chi connectivity index (χ1v) is 9.60. The Morgan fingerprint density at radius 3 is 2.50 bits per heavy atom. The molecule has 0 radical (unpaired) electrons. The predicted molar refractivity (Wildman–Crippen MR) is 84.9 cm³/mol. The molecule has 0 spiro atoms. The van der Waals surface area contributed by atoms with Gasteiger partial charge in [0.1, 0.15) is 0 Å². The standard InChI is InChI=1S/C16H22N2O3S/c1-22(20,21)18-9-5-8-17(10-11-18)16(19)15-12-14(15)13-6-3-2-4-7-13/h2-4,6-7,14-15H,5,8-12H2,1H3. The van der Waals surface area contributed by atoms with Crippen molar-refractivity contribution in [1.29, 1.82) is 0 Å². The van der Waals surface area contributed by atoms with Gasteiger partial charge >= 0.3 is 0 Å². The Morgan fingerprint density at radius 1 is 1.09 bits per heavy atom. The van der Waals surface area contributed by atoms with Crippen molar-refractivity contribution in [3.8, 4) is 0 Å². The van der Waals surface area contributed by atoms with Crippen molar-refractivity contribution in [2.45, 2.75) is 18.8 Å². The van der Waals surface area contributed by atoms with Gasteiger partial charge in [0.05, 0.1) is 6.26 Å². The summed E-state index contributed by atoms with van der Waals surface area (Å²) in [6.45, 7) is 2.08. The van der Waals surface area contributed by atoms with Gasteiger partial charge in [-0.3, -0.25) is 4.79 Å². The van der Waals surface area contributed by atoms with Gasteiger partial charge in [0.2, 0.25) is 15.9 Å². The summed E-state index contributed by atoms with van der Waals surface area (Å²) in [4.78, 5) is 14.5. The lowest BCUT2D eigenvalue weighted by Gasteiger charge is -2.21. The second-order valence-electron chi connectivity index (χ2n) is 6.20. The summed E-state index contributed by atoms with van der Waals surface area (Å²) in [5.74, 6) is 0.597. The Kier molecular flexibility index (Phi) is 4.23. The van der Waals surface area contributed by atoms with E-state index in [4.69, 9.17) is 0 Å². The molecule has 1 aromatic carbocycles. The summed E-state index contributed by atoms with van der Waals surface area (Å²) < 4.78 is 24.7. The van der Waals surface area contributed by atoms with Crippen LogP contribution in [0.5, 0.6) is 0 Å². The summed E-state index contributed by atoms with van der Waals surface area (Å²) in [6, 6.07) is 10.1. The fourth-order valence-corrected chi connectivity index (χ4v) is 4.09. The van der Waals surface area contributed by atoms with Crippen molar-refractivity contribution in [2.75, 3.05) is 32.4 Å². The number of amides is 1. The molecule has 120 valence electrons. The van der Waals surface area contributed by atoms with Gasteiger partial charge in [-0.1, -0.05) is 30.3 Å². The van der Waals surface area contributed by atoms with Crippen LogP contribution in [0.25, 0.3) is 0 Å². The fourth-order valence-electron chi connectivity index (χ4n) is 3.22. The van der Waals surface area contributed by atoms with Gasteiger partial charge in [-0.25, -0.2) is 12.7 Å². The molecule has 5 nitrogen and oxygen atoms in total. The minimum Gasteiger partial charge on any atom is -0.341 e. The lowest BCUT2D eigenvalue weighted by atomic mass is 10.1. The first-order chi connectivity index (χ1) is 10.5. The molecule has 6 heteroatoms. The summed E-state index contributed by atoms with van der Waals surface area (Å²) >= 11 is 0. The van der Waals surface area contributed by atoms with E-state index in [9.17, 15) is 13.2 Å². The van der Waals surface area contributed by atoms with E-state index in [0.717, 1.165) is 6.42 Å². The van der Waals surface area contributed by atoms with E-state index in [0.29, 0.717) is 38.5 Å². The van der Waals surface area contributed by atoms with Crippen molar-refractivity contribution < 1.29 is 13.2 Å². The Morgan fingerprint density at radius 2 is 1.82 bits per heavy atom. The monoisotopic (exact) mass is 322 g/mol. The van der Waals surface area contributed by atoms with E-state index < -0.39 is 10.0 Å². The molecule has 1 saturated carbocycles. The number of benzene rings is 1. The number of hydrogen-bond donors (Lipinski definition) is 0. The van der Waals surface area contributed by atoms with Crippen molar-refractivity contribution in [1.82, 2.24) is 9.21 Å². The zero-order chi connectivity index (χ0) is 15.7. The van der Waals surface area contributed by atoms with Crippen molar-refractivity contribution >= 4 is 15.9 Å². The Labute approximate surface area is 132 Å². The molecule has 2 aliphatic rings. The minimum absolute atomic E-state index is 0.0761. The Bertz CT molecular complexity index is 645. The lowest BCUT2D eigenvalue weighted by molar-refractivity contribution is -0.132. The van der Waals surface area contributed by atoms with Crippen LogP contribution in [-0.4, -0.2) is 56.0 Å². The Hall–Kier alpha value is -1.40. The van der Waals surface area contributed by atoms with E-state index in [1.54, 1.807) is 0 Å². The molecule has 1 aliphatic heterocycles. The third-order valence-corrected chi connectivity index (χ3v) is 5.87. The highest BCUT2D eigenvalue weighted by molar-refractivity contribution is 7.88. The van der Waals surface area contributed by atoms with Crippen molar-refractivity contribution in [3.05, 3.63) is 35.9 Å². The minimum atomic E-state index is -3.16. The number of rotatable bonds is 3. The van der Waals surface area contributed by atoms with Crippen LogP contribution in [0.4, 0.5) is 0 Å². The lowest BCUT2D eigenvalue weighted by Crippen LogP contribution is -2.37. The van der Waals surface area contributed by atoms with Crippen LogP contribution in [0, 0.1) is 5.92 Å². The smallest absolute Gasteiger partial charge is 0.226 e. The number of hydrogen-bond acceptors (Lipinski definition) is 3. The zero-order valence-corrected chi connectivity index (χ0v) is 13.6. The van der Waals surface area contributed by atoms with Crippen LogP contribution in [0.3, 0.4) is 0 Å². The molecule has 1 aliphatic carbocycles. The van der Waals surface area contributed by atoms with Crippen LogP contribution in [0.15, 0.2) is 30.3 Å². The largest absolute Gasteiger partial charge is 0.341 e. The highest BCUT2D eigenvalue weighted by Gasteiger charge is 2.45. The molecule has 2 unspecified atom stereocenters. The Balaban J connectivity index is 1.60. The molecule has 2 atom stereocenters. The first kappa shape index (κ1) is 15.5. The second-order valence-corrected chi connectivity index (χ2v) is 8.18. The van der Waals surface area contributed by atoms with E-state index >= 15 is 0 Å². The number of nitrogens with zero attached hydrogens (tertiary/aromatic N) is 2. The molecule has 1 amide bonds. The van der Waals surface area contributed by atoms with Crippen molar-refractivity contribution in [2.24, 2.45) is 5.92 Å². The highest BCUT2D eigenvalue weighted by atomic mass is 32.2. The average molecular weight is 322 g/mol. The maximum atomic E-state index is 12.6. The summed E-state index contributed by atoms with van der Waals surface area (Å²) in [6.07, 6.45) is 2.85. The first-order valence-electron chi connectivity index (χ1n) is 7.75. The van der Waals surface area contributed by atoms with Gasteiger partial charge in [0.15, 0.2) is 0 Å². The maximum Gasteiger partial charge on any atom is 0.226 e. The molecule has 3 rings (SSSR count). The third kappa shape index (κ3) is 3.33. The van der Waals surface area contributed by atoms with Gasteiger partial charge in [0.25, 0.3) is 0 Å². The zero-order valence-electron chi connectivity index (χ0n) is 12.8. The fraction of sp³-hybridized carbons (Fsp3) is 0.562. The number of carbonyl (C=O) groups is 1. The molecule has 1 aromatic rings. The normalized spacial score (nSPS) is 26.5. The van der Waals surface area contributed by atoms with Crippen LogP contribution >= 0.6 is 0 Å². The average Bonchev–Trinajstić information content (AvgIpc) is 3.30. The molecular weight excluding hydrogens is 300 g/mol. The molecule has 1 heterocycles.